The molecule has 1 aromatic heterocycles. The molecule has 0 saturated heterocycles. The average molecular weight is 273 g/mol. The highest BCUT2D eigenvalue weighted by Gasteiger charge is 2.12. The van der Waals surface area contributed by atoms with Crippen LogP contribution in [0, 0.1) is 0 Å². The third kappa shape index (κ3) is 4.58. The van der Waals surface area contributed by atoms with Crippen LogP contribution in [-0.4, -0.2) is 37.2 Å². The second-order valence-electron chi connectivity index (χ2n) is 3.99. The lowest BCUT2D eigenvalue weighted by molar-refractivity contribution is 0.390. The van der Waals surface area contributed by atoms with Crippen molar-refractivity contribution in [3.05, 3.63) is 17.8 Å². The van der Waals surface area contributed by atoms with Crippen LogP contribution >= 0.6 is 0 Å². The van der Waals surface area contributed by atoms with Crippen molar-refractivity contribution in [3.8, 4) is 5.88 Å². The molecule has 1 aromatic rings. The zero-order valence-corrected chi connectivity index (χ0v) is 11.5. The first kappa shape index (κ1) is 14.8. The molecule has 1 heterocycles. The molecule has 18 heavy (non-hydrogen) atoms. The molecule has 0 aliphatic rings. The third-order valence-corrected chi connectivity index (χ3v) is 4.45. The Morgan fingerprint density at radius 3 is 2.61 bits per heavy atom. The fraction of sp³-hybridized carbons (Fsp3) is 0.636. The van der Waals surface area contributed by atoms with E-state index in [4.69, 9.17) is 10.5 Å². The Kier molecular flexibility index (Phi) is 5.49. The topological polar surface area (TPSA) is 95.2 Å². The van der Waals surface area contributed by atoms with E-state index < -0.39 is 9.84 Å². The number of rotatable bonds is 7. The summed E-state index contributed by atoms with van der Waals surface area (Å²) in [4.78, 5) is 0. The van der Waals surface area contributed by atoms with Crippen LogP contribution in [0.25, 0.3) is 0 Å². The molecule has 0 spiro atoms. The van der Waals surface area contributed by atoms with E-state index in [0.29, 0.717) is 24.4 Å². The van der Waals surface area contributed by atoms with Gasteiger partial charge in [-0.3, -0.25) is 0 Å². The quantitative estimate of drug-likeness (QED) is 0.785. The number of nitrogens with zero attached hydrogens (tertiary/aromatic N) is 2. The zero-order valence-electron chi connectivity index (χ0n) is 10.7. The van der Waals surface area contributed by atoms with Crippen molar-refractivity contribution >= 4 is 9.84 Å². The Morgan fingerprint density at radius 2 is 2.11 bits per heavy atom. The minimum absolute atomic E-state index is 0.167. The molecule has 1 unspecified atom stereocenters. The summed E-state index contributed by atoms with van der Waals surface area (Å²) < 4.78 is 27.5. The summed E-state index contributed by atoms with van der Waals surface area (Å²) in [5.74, 6) is 0.769. The van der Waals surface area contributed by atoms with Gasteiger partial charge in [0, 0.05) is 17.9 Å². The Morgan fingerprint density at radius 1 is 1.39 bits per heavy atom. The summed E-state index contributed by atoms with van der Waals surface area (Å²) in [7, 11) is -1.41. The summed E-state index contributed by atoms with van der Waals surface area (Å²) in [6.45, 7) is 1.64. The monoisotopic (exact) mass is 273 g/mol. The van der Waals surface area contributed by atoms with Gasteiger partial charge < -0.3 is 10.5 Å². The largest absolute Gasteiger partial charge is 0.480 e. The van der Waals surface area contributed by atoms with Gasteiger partial charge in [-0.15, -0.1) is 5.10 Å². The summed E-state index contributed by atoms with van der Waals surface area (Å²) in [5, 5.41) is 7.76. The van der Waals surface area contributed by atoms with Crippen molar-refractivity contribution in [2.45, 2.75) is 25.8 Å². The number of methoxy groups -OCH3 is 1. The van der Waals surface area contributed by atoms with Crippen LogP contribution in [-0.2, 0) is 9.84 Å². The predicted octanol–water partition coefficient (Wildman–Crippen LogP) is 0.700. The van der Waals surface area contributed by atoms with E-state index >= 15 is 0 Å². The summed E-state index contributed by atoms with van der Waals surface area (Å²) in [6.07, 6.45) is 1.10. The van der Waals surface area contributed by atoms with Crippen molar-refractivity contribution in [3.63, 3.8) is 0 Å². The second-order valence-corrected chi connectivity index (χ2v) is 6.46. The van der Waals surface area contributed by atoms with Crippen LogP contribution < -0.4 is 10.5 Å². The molecule has 2 N–H and O–H groups in total. The van der Waals surface area contributed by atoms with Gasteiger partial charge in [0.25, 0.3) is 0 Å². The van der Waals surface area contributed by atoms with Gasteiger partial charge in [-0.2, -0.15) is 5.10 Å². The van der Waals surface area contributed by atoms with Gasteiger partial charge in [-0.25, -0.2) is 8.42 Å². The maximum absolute atomic E-state index is 11.3. The molecule has 0 amide bonds. The Hall–Kier alpha value is -1.21. The molecule has 1 atom stereocenters. The van der Waals surface area contributed by atoms with Gasteiger partial charge in [0.05, 0.1) is 18.6 Å². The first-order valence-corrected chi connectivity index (χ1v) is 7.64. The van der Waals surface area contributed by atoms with Crippen LogP contribution in [0.4, 0.5) is 0 Å². The lowest BCUT2D eigenvalue weighted by atomic mass is 10.1. The Balaban J connectivity index is 2.47. The number of sulfone groups is 1. The number of hydrogen-bond acceptors (Lipinski definition) is 6. The number of nitrogens with two attached hydrogens (primary N) is 1. The van der Waals surface area contributed by atoms with E-state index in [-0.39, 0.29) is 17.5 Å². The van der Waals surface area contributed by atoms with Crippen LogP contribution in [0.15, 0.2) is 12.1 Å². The van der Waals surface area contributed by atoms with Gasteiger partial charge in [-0.1, -0.05) is 6.92 Å². The van der Waals surface area contributed by atoms with Crippen LogP contribution in [0.5, 0.6) is 5.88 Å². The molecule has 0 radical (unpaired) electrons. The van der Waals surface area contributed by atoms with Gasteiger partial charge in [0.1, 0.15) is 9.84 Å². The van der Waals surface area contributed by atoms with E-state index in [1.165, 1.54) is 7.11 Å². The van der Waals surface area contributed by atoms with E-state index in [2.05, 4.69) is 10.2 Å². The highest BCUT2D eigenvalue weighted by molar-refractivity contribution is 7.91. The van der Waals surface area contributed by atoms with Gasteiger partial charge in [-0.05, 0) is 18.9 Å². The molecule has 0 fully saturated rings. The van der Waals surface area contributed by atoms with Gasteiger partial charge in [0.2, 0.25) is 5.88 Å². The molecule has 102 valence electrons. The van der Waals surface area contributed by atoms with Crippen molar-refractivity contribution in [2.75, 3.05) is 18.6 Å². The van der Waals surface area contributed by atoms with Crippen molar-refractivity contribution in [1.82, 2.24) is 10.2 Å². The predicted molar refractivity (Wildman–Crippen MR) is 69.1 cm³/mol. The van der Waals surface area contributed by atoms with Crippen molar-refractivity contribution in [1.29, 1.82) is 0 Å². The first-order valence-electron chi connectivity index (χ1n) is 5.82. The Labute approximate surface area is 107 Å². The summed E-state index contributed by atoms with van der Waals surface area (Å²) in [5.41, 5.74) is 6.56. The van der Waals surface area contributed by atoms with Gasteiger partial charge >= 0.3 is 0 Å². The SMILES string of the molecule is CCS(=O)(=O)CCCC(N)c1ccc(OC)nn1. The number of hydrogen-bond donors (Lipinski definition) is 1. The van der Waals surface area contributed by atoms with E-state index in [0.717, 1.165) is 0 Å². The number of aromatic nitrogens is 2. The van der Waals surface area contributed by atoms with Crippen LogP contribution in [0.2, 0.25) is 0 Å². The summed E-state index contributed by atoms with van der Waals surface area (Å²) >= 11 is 0. The highest BCUT2D eigenvalue weighted by atomic mass is 32.2. The first-order chi connectivity index (χ1) is 8.48. The lowest BCUT2D eigenvalue weighted by Crippen LogP contribution is -2.15. The maximum atomic E-state index is 11.3. The summed E-state index contributed by atoms with van der Waals surface area (Å²) in [6, 6.07) is 3.13. The van der Waals surface area contributed by atoms with Crippen molar-refractivity contribution < 1.29 is 13.2 Å². The molecule has 7 heteroatoms. The molecular formula is C11H19N3O3S. The highest BCUT2D eigenvalue weighted by Crippen LogP contribution is 2.15. The molecule has 1 rings (SSSR count). The average Bonchev–Trinajstić information content (AvgIpc) is 2.38. The third-order valence-electron chi connectivity index (χ3n) is 2.66. The maximum Gasteiger partial charge on any atom is 0.233 e. The zero-order chi connectivity index (χ0) is 13.6. The van der Waals surface area contributed by atoms with Crippen LogP contribution in [0.1, 0.15) is 31.5 Å². The van der Waals surface area contributed by atoms with E-state index in [1.807, 2.05) is 0 Å². The standard InChI is InChI=1S/C11H19N3O3S/c1-3-18(15,16)8-4-5-9(12)10-6-7-11(17-2)14-13-10/h6-7,9H,3-5,8,12H2,1-2H3. The molecule has 0 aliphatic heterocycles. The lowest BCUT2D eigenvalue weighted by Gasteiger charge is -2.10. The van der Waals surface area contributed by atoms with Gasteiger partial charge in [0.15, 0.2) is 0 Å². The molecule has 0 bridgehead atoms. The molecular weight excluding hydrogens is 254 g/mol. The smallest absolute Gasteiger partial charge is 0.233 e. The van der Waals surface area contributed by atoms with E-state index in [1.54, 1.807) is 19.1 Å². The fourth-order valence-electron chi connectivity index (χ4n) is 1.45. The molecule has 0 saturated carbocycles. The van der Waals surface area contributed by atoms with Crippen molar-refractivity contribution in [2.24, 2.45) is 5.73 Å². The number of ether oxygens (including phenoxy) is 1. The molecule has 0 aromatic carbocycles. The van der Waals surface area contributed by atoms with E-state index in [9.17, 15) is 8.42 Å². The normalized spacial score (nSPS) is 13.3. The molecule has 0 aliphatic carbocycles. The Bertz CT molecular complexity index is 459. The second kappa shape index (κ2) is 6.65. The minimum atomic E-state index is -2.92. The van der Waals surface area contributed by atoms with Crippen LogP contribution in [0.3, 0.4) is 0 Å². The minimum Gasteiger partial charge on any atom is -0.480 e. The fourth-order valence-corrected chi connectivity index (χ4v) is 2.35. The molecule has 6 nitrogen and oxygen atoms in total.